The highest BCUT2D eigenvalue weighted by molar-refractivity contribution is 7.23. The first-order valence-electron chi connectivity index (χ1n) is 5.86. The van der Waals surface area contributed by atoms with E-state index in [1.165, 1.54) is 29.9 Å². The molecule has 1 saturated carbocycles. The van der Waals surface area contributed by atoms with Crippen molar-refractivity contribution >= 4 is 27.8 Å². The second-order valence-corrected chi connectivity index (χ2v) is 6.38. The molecule has 0 spiro atoms. The lowest BCUT2D eigenvalue weighted by atomic mass is 10.2. The number of nitrogens with two attached hydrogens (primary N) is 1. The molecule has 5 nitrogen and oxygen atoms in total. The molecule has 7 heteroatoms. The molecule has 0 unspecified atom stereocenters. The first kappa shape index (κ1) is 12.0. The van der Waals surface area contributed by atoms with E-state index in [4.69, 9.17) is 15.5 Å². The molecule has 0 radical (unpaired) electrons. The smallest absolute Gasteiger partial charge is 0.203 e. The molecule has 0 atom stereocenters. The number of anilines is 1. The number of thiazole rings is 1. The van der Waals surface area contributed by atoms with E-state index in [1.54, 1.807) is 18.4 Å². The van der Waals surface area contributed by atoms with Crippen LogP contribution in [0.15, 0.2) is 0 Å². The minimum absolute atomic E-state index is 0.513. The molecular weight excluding hydrogens is 268 g/mol. The van der Waals surface area contributed by atoms with E-state index in [-0.39, 0.29) is 0 Å². The molecule has 0 amide bonds. The minimum atomic E-state index is 0.513. The summed E-state index contributed by atoms with van der Waals surface area (Å²) in [7, 11) is 1.71. The molecule has 1 aliphatic carbocycles. The maximum atomic E-state index is 5.65. The molecule has 0 aromatic carbocycles. The first-order chi connectivity index (χ1) is 8.78. The molecule has 3 rings (SSSR count). The number of nitrogen functional groups attached to an aromatic ring is 1. The van der Waals surface area contributed by atoms with Gasteiger partial charge in [0.1, 0.15) is 0 Å². The fourth-order valence-electron chi connectivity index (χ4n) is 1.79. The normalized spacial score (nSPS) is 15.2. The summed E-state index contributed by atoms with van der Waals surface area (Å²) in [6, 6.07) is 0. The van der Waals surface area contributed by atoms with E-state index in [2.05, 4.69) is 10.2 Å². The number of nitrogens with zero attached hydrogens (tertiary/aromatic N) is 3. The highest BCUT2D eigenvalue weighted by atomic mass is 32.1. The summed E-state index contributed by atoms with van der Waals surface area (Å²) in [4.78, 5) is 5.88. The van der Waals surface area contributed by atoms with Crippen LogP contribution in [0, 0.1) is 0 Å². The third-order valence-electron chi connectivity index (χ3n) is 2.82. The van der Waals surface area contributed by atoms with E-state index >= 15 is 0 Å². The molecular formula is C11H14N4OS2. The minimum Gasteiger partial charge on any atom is -0.384 e. The SMILES string of the molecule is COCCc1nc(C2CC2)c(-c2nnc(N)s2)s1. The summed E-state index contributed by atoms with van der Waals surface area (Å²) >= 11 is 3.13. The predicted octanol–water partition coefficient (Wildman–Crippen LogP) is 2.31. The summed E-state index contributed by atoms with van der Waals surface area (Å²) in [5.74, 6) is 0.609. The van der Waals surface area contributed by atoms with Crippen LogP contribution in [0.3, 0.4) is 0 Å². The number of ether oxygens (including phenoxy) is 1. The Morgan fingerprint density at radius 1 is 1.33 bits per heavy atom. The van der Waals surface area contributed by atoms with Gasteiger partial charge in [0, 0.05) is 19.4 Å². The molecule has 2 heterocycles. The van der Waals surface area contributed by atoms with Gasteiger partial charge >= 0.3 is 0 Å². The van der Waals surface area contributed by atoms with Crippen molar-refractivity contribution in [2.75, 3.05) is 19.5 Å². The highest BCUT2D eigenvalue weighted by Crippen LogP contribution is 2.46. The van der Waals surface area contributed by atoms with Gasteiger partial charge in [-0.25, -0.2) is 4.98 Å². The molecule has 2 aromatic heterocycles. The Morgan fingerprint density at radius 3 is 2.78 bits per heavy atom. The quantitative estimate of drug-likeness (QED) is 0.911. The molecule has 2 N–H and O–H groups in total. The zero-order chi connectivity index (χ0) is 12.5. The second kappa shape index (κ2) is 4.91. The number of aromatic nitrogens is 3. The van der Waals surface area contributed by atoms with Gasteiger partial charge in [-0.2, -0.15) is 0 Å². The number of rotatable bonds is 5. The zero-order valence-corrected chi connectivity index (χ0v) is 11.7. The lowest BCUT2D eigenvalue weighted by Gasteiger charge is -1.93. The van der Waals surface area contributed by atoms with Crippen LogP contribution in [0.5, 0.6) is 0 Å². The van der Waals surface area contributed by atoms with Crippen LogP contribution in [-0.4, -0.2) is 28.9 Å². The van der Waals surface area contributed by atoms with Gasteiger partial charge < -0.3 is 10.5 Å². The average molecular weight is 282 g/mol. The fourth-order valence-corrected chi connectivity index (χ4v) is 3.61. The molecule has 1 aliphatic rings. The van der Waals surface area contributed by atoms with Gasteiger partial charge in [-0.15, -0.1) is 21.5 Å². The van der Waals surface area contributed by atoms with Gasteiger partial charge in [0.25, 0.3) is 0 Å². The van der Waals surface area contributed by atoms with Gasteiger partial charge in [0.05, 0.1) is 22.2 Å². The Kier molecular flexibility index (Phi) is 3.27. The maximum absolute atomic E-state index is 5.65. The van der Waals surface area contributed by atoms with Crippen molar-refractivity contribution in [3.63, 3.8) is 0 Å². The Hall–Kier alpha value is -1.05. The van der Waals surface area contributed by atoms with Crippen LogP contribution in [0.1, 0.15) is 29.5 Å². The molecule has 1 fully saturated rings. The van der Waals surface area contributed by atoms with Crippen LogP contribution in [0.2, 0.25) is 0 Å². The second-order valence-electron chi connectivity index (χ2n) is 4.28. The van der Waals surface area contributed by atoms with E-state index in [9.17, 15) is 0 Å². The van der Waals surface area contributed by atoms with Crippen molar-refractivity contribution in [2.45, 2.75) is 25.2 Å². The third-order valence-corrected chi connectivity index (χ3v) is 4.85. The van der Waals surface area contributed by atoms with E-state index in [1.807, 2.05) is 0 Å². The van der Waals surface area contributed by atoms with Gasteiger partial charge in [0.2, 0.25) is 5.13 Å². The van der Waals surface area contributed by atoms with Crippen molar-refractivity contribution in [1.82, 2.24) is 15.2 Å². The van der Waals surface area contributed by atoms with Crippen molar-refractivity contribution in [1.29, 1.82) is 0 Å². The van der Waals surface area contributed by atoms with Gasteiger partial charge in [-0.1, -0.05) is 11.3 Å². The summed E-state index contributed by atoms with van der Waals surface area (Å²) < 4.78 is 5.10. The maximum Gasteiger partial charge on any atom is 0.203 e. The molecule has 0 bridgehead atoms. The Balaban J connectivity index is 1.93. The summed E-state index contributed by atoms with van der Waals surface area (Å²) in [6.07, 6.45) is 3.32. The Bertz CT molecular complexity index is 547. The fraction of sp³-hybridized carbons (Fsp3) is 0.545. The average Bonchev–Trinajstić information content (AvgIpc) is 2.98. The Morgan fingerprint density at radius 2 is 2.17 bits per heavy atom. The van der Waals surface area contributed by atoms with E-state index in [0.717, 1.165) is 21.3 Å². The van der Waals surface area contributed by atoms with E-state index < -0.39 is 0 Å². The summed E-state index contributed by atoms with van der Waals surface area (Å²) in [5, 5.41) is 10.5. The van der Waals surface area contributed by atoms with E-state index in [0.29, 0.717) is 17.7 Å². The van der Waals surface area contributed by atoms with Crippen LogP contribution in [-0.2, 0) is 11.2 Å². The van der Waals surface area contributed by atoms with Crippen molar-refractivity contribution in [2.24, 2.45) is 0 Å². The molecule has 96 valence electrons. The summed E-state index contributed by atoms with van der Waals surface area (Å²) in [6.45, 7) is 0.704. The molecule has 2 aromatic rings. The highest BCUT2D eigenvalue weighted by Gasteiger charge is 2.31. The third kappa shape index (κ3) is 2.38. The monoisotopic (exact) mass is 282 g/mol. The van der Waals surface area contributed by atoms with Gasteiger partial charge in [-0.3, -0.25) is 0 Å². The topological polar surface area (TPSA) is 73.9 Å². The lowest BCUT2D eigenvalue weighted by molar-refractivity contribution is 0.202. The largest absolute Gasteiger partial charge is 0.384 e. The van der Waals surface area contributed by atoms with Crippen LogP contribution >= 0.6 is 22.7 Å². The van der Waals surface area contributed by atoms with Gasteiger partial charge in [-0.05, 0) is 12.8 Å². The number of hydrogen-bond donors (Lipinski definition) is 1. The standard InChI is InChI=1S/C11H14N4OS2/c1-16-5-4-7-13-8(6-2-3-6)9(17-7)10-14-15-11(12)18-10/h6H,2-5H2,1H3,(H2,12,15). The Labute approximate surface area is 113 Å². The van der Waals surface area contributed by atoms with Crippen molar-refractivity contribution in [3.05, 3.63) is 10.7 Å². The van der Waals surface area contributed by atoms with Crippen molar-refractivity contribution in [3.8, 4) is 9.88 Å². The van der Waals surface area contributed by atoms with Crippen LogP contribution in [0.4, 0.5) is 5.13 Å². The zero-order valence-electron chi connectivity index (χ0n) is 10.0. The lowest BCUT2D eigenvalue weighted by Crippen LogP contribution is -1.93. The van der Waals surface area contributed by atoms with Crippen LogP contribution in [0.25, 0.3) is 9.88 Å². The predicted molar refractivity (Wildman–Crippen MR) is 73.0 cm³/mol. The van der Waals surface area contributed by atoms with Crippen LogP contribution < -0.4 is 5.73 Å². The van der Waals surface area contributed by atoms with Crippen molar-refractivity contribution < 1.29 is 4.74 Å². The van der Waals surface area contributed by atoms with Gasteiger partial charge in [0.15, 0.2) is 5.01 Å². The molecule has 0 aliphatic heterocycles. The number of hydrogen-bond acceptors (Lipinski definition) is 7. The first-order valence-corrected chi connectivity index (χ1v) is 7.49. The molecule has 0 saturated heterocycles. The summed E-state index contributed by atoms with van der Waals surface area (Å²) in [5.41, 5.74) is 6.84. The molecule has 18 heavy (non-hydrogen) atoms. The number of methoxy groups -OCH3 is 1.